The summed E-state index contributed by atoms with van der Waals surface area (Å²) in [5, 5.41) is 0. The Hall–Kier alpha value is -2.11. The number of allylic oxidation sites excluding steroid dienone is 4. The number of hydrogen-bond acceptors (Lipinski definition) is 6. The smallest absolute Gasteiger partial charge is 0.306 e. The predicted octanol–water partition coefficient (Wildman–Crippen LogP) is 16.4. The molecule has 0 aliphatic heterocycles. The lowest BCUT2D eigenvalue weighted by Gasteiger charge is -2.18. The van der Waals surface area contributed by atoms with Crippen LogP contribution in [-0.4, -0.2) is 37.2 Å². The van der Waals surface area contributed by atoms with E-state index in [0.29, 0.717) is 19.3 Å². The molecule has 58 heavy (non-hydrogen) atoms. The number of carbonyl (C=O) groups is 3. The Bertz CT molecular complexity index is 942. The van der Waals surface area contributed by atoms with Gasteiger partial charge in [0.25, 0.3) is 0 Å². The van der Waals surface area contributed by atoms with Crippen LogP contribution in [0.5, 0.6) is 0 Å². The first-order valence-corrected chi connectivity index (χ1v) is 25.3. The first-order valence-electron chi connectivity index (χ1n) is 25.3. The van der Waals surface area contributed by atoms with Gasteiger partial charge in [0.1, 0.15) is 13.2 Å². The van der Waals surface area contributed by atoms with Crippen LogP contribution in [0.3, 0.4) is 0 Å². The lowest BCUT2D eigenvalue weighted by molar-refractivity contribution is -0.166. The Morgan fingerprint density at radius 3 is 1.02 bits per heavy atom. The average molecular weight is 817 g/mol. The molecule has 0 radical (unpaired) electrons. The maximum absolute atomic E-state index is 12.7. The third-order valence-corrected chi connectivity index (χ3v) is 11.2. The summed E-state index contributed by atoms with van der Waals surface area (Å²) in [6, 6.07) is 0. The number of unbranched alkanes of at least 4 members (excludes halogenated alkanes) is 31. The molecule has 0 spiro atoms. The van der Waals surface area contributed by atoms with Crippen LogP contribution in [0.1, 0.15) is 271 Å². The fourth-order valence-electron chi connectivity index (χ4n) is 7.38. The molecule has 0 heterocycles. The molecule has 0 bridgehead atoms. The number of rotatable bonds is 46. The van der Waals surface area contributed by atoms with E-state index in [-0.39, 0.29) is 37.5 Å². The molecule has 6 heteroatoms. The molecular weight excluding hydrogens is 721 g/mol. The summed E-state index contributed by atoms with van der Waals surface area (Å²) < 4.78 is 16.7. The van der Waals surface area contributed by atoms with E-state index >= 15 is 0 Å². The van der Waals surface area contributed by atoms with Crippen molar-refractivity contribution in [2.45, 2.75) is 277 Å². The van der Waals surface area contributed by atoms with E-state index in [1.54, 1.807) is 0 Å². The highest BCUT2D eigenvalue weighted by molar-refractivity contribution is 5.71. The highest BCUT2D eigenvalue weighted by Gasteiger charge is 2.19. The number of carbonyl (C=O) groups excluding carboxylic acids is 3. The van der Waals surface area contributed by atoms with E-state index < -0.39 is 6.10 Å². The molecular formula is C52H96O6. The summed E-state index contributed by atoms with van der Waals surface area (Å²) in [5.41, 5.74) is 0. The summed E-state index contributed by atoms with van der Waals surface area (Å²) >= 11 is 0. The van der Waals surface area contributed by atoms with E-state index in [1.807, 2.05) is 6.08 Å². The first-order chi connectivity index (χ1) is 28.5. The predicted molar refractivity (Wildman–Crippen MR) is 247 cm³/mol. The van der Waals surface area contributed by atoms with E-state index in [2.05, 4.69) is 39.0 Å². The summed E-state index contributed by atoms with van der Waals surface area (Å²) in [4.78, 5) is 37.8. The number of esters is 3. The Balaban J connectivity index is 4.40. The van der Waals surface area contributed by atoms with Crippen LogP contribution in [0, 0.1) is 0 Å². The van der Waals surface area contributed by atoms with Crippen molar-refractivity contribution in [1.29, 1.82) is 0 Å². The van der Waals surface area contributed by atoms with Gasteiger partial charge in [-0.1, -0.05) is 238 Å². The molecule has 0 aliphatic carbocycles. The average Bonchev–Trinajstić information content (AvgIpc) is 3.22. The Labute approximate surface area is 360 Å². The van der Waals surface area contributed by atoms with Crippen LogP contribution >= 0.6 is 0 Å². The summed E-state index contributed by atoms with van der Waals surface area (Å²) in [7, 11) is 0. The third-order valence-electron chi connectivity index (χ3n) is 11.2. The molecule has 0 N–H and O–H groups in total. The number of ether oxygens (including phenoxy) is 3. The Morgan fingerprint density at radius 2 is 0.655 bits per heavy atom. The van der Waals surface area contributed by atoms with Crippen molar-refractivity contribution in [2.24, 2.45) is 0 Å². The normalized spacial score (nSPS) is 12.1. The third kappa shape index (κ3) is 45.0. The van der Waals surface area contributed by atoms with Crippen molar-refractivity contribution < 1.29 is 28.6 Å². The van der Waals surface area contributed by atoms with Gasteiger partial charge in [0.15, 0.2) is 6.10 Å². The second-order valence-corrected chi connectivity index (χ2v) is 17.1. The minimum absolute atomic E-state index is 0.0889. The molecule has 0 saturated heterocycles. The summed E-state index contributed by atoms with van der Waals surface area (Å²) in [6.45, 7) is 6.60. The highest BCUT2D eigenvalue weighted by Crippen LogP contribution is 2.16. The van der Waals surface area contributed by atoms with Crippen LogP contribution in [0.15, 0.2) is 24.3 Å². The standard InChI is InChI=1S/C52H96O6/c1-4-7-10-13-16-19-22-25-28-30-33-36-39-42-45-51(54)57-48-49(58-52(55)46-43-40-37-34-31-27-24-21-18-15-12-9-6-3)47-56-50(53)44-41-38-35-32-29-26-23-20-17-14-11-8-5-2/h27,31,37,40,49H,4-26,28-30,32-36,38-39,41-48H2,1-3H3/b31-27-,40-37-. The van der Waals surface area contributed by atoms with Gasteiger partial charge in [-0.05, 0) is 38.5 Å². The van der Waals surface area contributed by atoms with Crippen molar-refractivity contribution >= 4 is 17.9 Å². The van der Waals surface area contributed by atoms with Crippen molar-refractivity contribution in [3.8, 4) is 0 Å². The molecule has 0 fully saturated rings. The van der Waals surface area contributed by atoms with E-state index in [0.717, 1.165) is 51.4 Å². The molecule has 0 aromatic heterocycles. The molecule has 0 rings (SSSR count). The molecule has 6 nitrogen and oxygen atoms in total. The molecule has 0 amide bonds. The van der Waals surface area contributed by atoms with Crippen LogP contribution in [-0.2, 0) is 28.6 Å². The zero-order chi connectivity index (χ0) is 42.3. The second kappa shape index (κ2) is 47.6. The van der Waals surface area contributed by atoms with E-state index in [1.165, 1.54) is 173 Å². The van der Waals surface area contributed by atoms with Gasteiger partial charge < -0.3 is 14.2 Å². The Morgan fingerprint density at radius 1 is 0.345 bits per heavy atom. The quantitative estimate of drug-likeness (QED) is 0.0263. The number of hydrogen-bond donors (Lipinski definition) is 0. The summed E-state index contributed by atoms with van der Waals surface area (Å²) in [6.07, 6.45) is 53.1. The first kappa shape index (κ1) is 55.9. The van der Waals surface area contributed by atoms with Gasteiger partial charge in [-0.15, -0.1) is 0 Å². The summed E-state index contributed by atoms with van der Waals surface area (Å²) in [5.74, 6) is -0.945. The molecule has 1 atom stereocenters. The fourth-order valence-corrected chi connectivity index (χ4v) is 7.38. The minimum Gasteiger partial charge on any atom is -0.462 e. The van der Waals surface area contributed by atoms with Crippen LogP contribution in [0.4, 0.5) is 0 Å². The van der Waals surface area contributed by atoms with Gasteiger partial charge in [-0.2, -0.15) is 0 Å². The molecule has 340 valence electrons. The molecule has 0 saturated carbocycles. The lowest BCUT2D eigenvalue weighted by atomic mass is 10.0. The minimum atomic E-state index is -0.794. The van der Waals surface area contributed by atoms with E-state index in [4.69, 9.17) is 14.2 Å². The van der Waals surface area contributed by atoms with Crippen molar-refractivity contribution in [3.05, 3.63) is 24.3 Å². The highest BCUT2D eigenvalue weighted by atomic mass is 16.6. The SMILES string of the molecule is CCCCCCCC/C=C\C/C=C\CCC(=O)OC(COC(=O)CCCCCCCCCCCCCCC)COC(=O)CCCCCCCCCCCCCCCC. The maximum Gasteiger partial charge on any atom is 0.306 e. The van der Waals surface area contributed by atoms with Gasteiger partial charge in [0.05, 0.1) is 0 Å². The molecule has 0 aromatic carbocycles. The topological polar surface area (TPSA) is 78.9 Å². The van der Waals surface area contributed by atoms with Crippen molar-refractivity contribution in [1.82, 2.24) is 0 Å². The maximum atomic E-state index is 12.7. The molecule has 0 aromatic rings. The zero-order valence-corrected chi connectivity index (χ0v) is 38.8. The van der Waals surface area contributed by atoms with Gasteiger partial charge in [0, 0.05) is 19.3 Å². The fraction of sp³-hybridized carbons (Fsp3) is 0.865. The van der Waals surface area contributed by atoms with E-state index in [9.17, 15) is 14.4 Å². The largest absolute Gasteiger partial charge is 0.462 e. The monoisotopic (exact) mass is 817 g/mol. The van der Waals surface area contributed by atoms with Crippen LogP contribution in [0.25, 0.3) is 0 Å². The van der Waals surface area contributed by atoms with Gasteiger partial charge in [-0.25, -0.2) is 0 Å². The van der Waals surface area contributed by atoms with Crippen molar-refractivity contribution in [3.63, 3.8) is 0 Å². The zero-order valence-electron chi connectivity index (χ0n) is 38.8. The lowest BCUT2D eigenvalue weighted by Crippen LogP contribution is -2.30. The van der Waals surface area contributed by atoms with Gasteiger partial charge >= 0.3 is 17.9 Å². The van der Waals surface area contributed by atoms with Crippen LogP contribution in [0.2, 0.25) is 0 Å². The van der Waals surface area contributed by atoms with Crippen molar-refractivity contribution in [2.75, 3.05) is 13.2 Å². The van der Waals surface area contributed by atoms with Crippen LogP contribution < -0.4 is 0 Å². The Kier molecular flexibility index (Phi) is 45.8. The van der Waals surface area contributed by atoms with Gasteiger partial charge in [0.2, 0.25) is 0 Å². The van der Waals surface area contributed by atoms with Gasteiger partial charge in [-0.3, -0.25) is 14.4 Å². The molecule has 0 aliphatic rings. The molecule has 1 unspecified atom stereocenters. The second-order valence-electron chi connectivity index (χ2n) is 17.1.